The van der Waals surface area contributed by atoms with E-state index in [-0.39, 0.29) is 5.91 Å². The minimum absolute atomic E-state index is 0.0839. The SMILES string of the molecule is CC(=O)Nc1ccc(OCCCl)cc1. The van der Waals surface area contributed by atoms with Crippen molar-refractivity contribution < 1.29 is 9.53 Å². The smallest absolute Gasteiger partial charge is 0.221 e. The van der Waals surface area contributed by atoms with Crippen LogP contribution < -0.4 is 10.1 Å². The number of amides is 1. The van der Waals surface area contributed by atoms with E-state index in [2.05, 4.69) is 5.32 Å². The number of hydrogen-bond donors (Lipinski definition) is 1. The van der Waals surface area contributed by atoms with Crippen LogP contribution in [0.5, 0.6) is 5.75 Å². The monoisotopic (exact) mass is 213 g/mol. The molecule has 0 aliphatic carbocycles. The van der Waals surface area contributed by atoms with Gasteiger partial charge in [0.05, 0.1) is 5.88 Å². The fraction of sp³-hybridized carbons (Fsp3) is 0.300. The van der Waals surface area contributed by atoms with Gasteiger partial charge in [-0.25, -0.2) is 0 Å². The highest BCUT2D eigenvalue weighted by Crippen LogP contribution is 2.15. The average molecular weight is 214 g/mol. The van der Waals surface area contributed by atoms with Crippen LogP contribution in [0, 0.1) is 0 Å². The Kier molecular flexibility index (Phi) is 4.26. The van der Waals surface area contributed by atoms with Crippen LogP contribution in [-0.2, 0) is 4.79 Å². The van der Waals surface area contributed by atoms with E-state index in [1.165, 1.54) is 6.92 Å². The van der Waals surface area contributed by atoms with Crippen molar-refractivity contribution in [3.8, 4) is 5.75 Å². The molecule has 76 valence electrons. The summed E-state index contributed by atoms with van der Waals surface area (Å²) in [6, 6.07) is 7.14. The summed E-state index contributed by atoms with van der Waals surface area (Å²) in [6.07, 6.45) is 0. The topological polar surface area (TPSA) is 38.3 Å². The highest BCUT2D eigenvalue weighted by atomic mass is 35.5. The first kappa shape index (κ1) is 10.9. The van der Waals surface area contributed by atoms with Crippen molar-refractivity contribution in [3.63, 3.8) is 0 Å². The molecule has 0 aromatic heterocycles. The Morgan fingerprint density at radius 3 is 2.57 bits per heavy atom. The summed E-state index contributed by atoms with van der Waals surface area (Å²) in [5, 5.41) is 2.67. The molecule has 0 heterocycles. The molecule has 0 saturated carbocycles. The minimum Gasteiger partial charge on any atom is -0.492 e. The quantitative estimate of drug-likeness (QED) is 0.780. The first-order valence-electron chi connectivity index (χ1n) is 4.29. The van der Waals surface area contributed by atoms with Crippen molar-refractivity contribution in [1.82, 2.24) is 0 Å². The van der Waals surface area contributed by atoms with E-state index in [1.54, 1.807) is 24.3 Å². The maximum absolute atomic E-state index is 10.7. The number of nitrogens with one attached hydrogen (secondary N) is 1. The van der Waals surface area contributed by atoms with Crippen molar-refractivity contribution in [2.45, 2.75) is 6.92 Å². The van der Waals surface area contributed by atoms with E-state index in [9.17, 15) is 4.79 Å². The lowest BCUT2D eigenvalue weighted by molar-refractivity contribution is -0.114. The molecule has 4 heteroatoms. The van der Waals surface area contributed by atoms with Gasteiger partial charge < -0.3 is 10.1 Å². The van der Waals surface area contributed by atoms with Crippen molar-refractivity contribution in [2.75, 3.05) is 17.8 Å². The van der Waals surface area contributed by atoms with E-state index >= 15 is 0 Å². The van der Waals surface area contributed by atoms with Crippen molar-refractivity contribution in [1.29, 1.82) is 0 Å². The van der Waals surface area contributed by atoms with E-state index in [0.717, 1.165) is 11.4 Å². The molecule has 1 aromatic carbocycles. The Morgan fingerprint density at radius 1 is 1.43 bits per heavy atom. The second kappa shape index (κ2) is 5.50. The van der Waals surface area contributed by atoms with Crippen LogP contribution in [0.15, 0.2) is 24.3 Å². The largest absolute Gasteiger partial charge is 0.492 e. The number of rotatable bonds is 4. The van der Waals surface area contributed by atoms with Gasteiger partial charge in [0.1, 0.15) is 12.4 Å². The fourth-order valence-corrected chi connectivity index (χ4v) is 1.07. The van der Waals surface area contributed by atoms with Crippen LogP contribution in [0.3, 0.4) is 0 Å². The maximum atomic E-state index is 10.7. The number of halogens is 1. The first-order chi connectivity index (χ1) is 6.72. The molecule has 0 radical (unpaired) electrons. The van der Waals surface area contributed by atoms with E-state index < -0.39 is 0 Å². The Balaban J connectivity index is 2.54. The number of anilines is 1. The lowest BCUT2D eigenvalue weighted by Gasteiger charge is -2.05. The summed E-state index contributed by atoms with van der Waals surface area (Å²) in [4.78, 5) is 10.7. The zero-order valence-electron chi connectivity index (χ0n) is 7.92. The molecule has 14 heavy (non-hydrogen) atoms. The van der Waals surface area contributed by atoms with Crippen LogP contribution >= 0.6 is 11.6 Å². The predicted molar refractivity (Wildman–Crippen MR) is 57.0 cm³/mol. The van der Waals surface area contributed by atoms with E-state index in [4.69, 9.17) is 16.3 Å². The van der Waals surface area contributed by atoms with Gasteiger partial charge in [0, 0.05) is 12.6 Å². The number of carbonyl (C=O) groups excluding carboxylic acids is 1. The molecule has 3 nitrogen and oxygen atoms in total. The average Bonchev–Trinajstić information content (AvgIpc) is 2.16. The van der Waals surface area contributed by atoms with E-state index in [0.29, 0.717) is 12.5 Å². The van der Waals surface area contributed by atoms with Crippen LogP contribution in [-0.4, -0.2) is 18.4 Å². The molecular formula is C10H12ClNO2. The second-order valence-corrected chi connectivity index (χ2v) is 3.12. The summed E-state index contributed by atoms with van der Waals surface area (Å²) in [6.45, 7) is 1.96. The highest BCUT2D eigenvalue weighted by Gasteiger charge is 1.96. The highest BCUT2D eigenvalue weighted by molar-refractivity contribution is 6.18. The molecule has 0 atom stereocenters. The number of benzene rings is 1. The third kappa shape index (κ3) is 3.66. The van der Waals surface area contributed by atoms with E-state index in [1.807, 2.05) is 0 Å². The van der Waals surface area contributed by atoms with Gasteiger partial charge in [-0.05, 0) is 24.3 Å². The number of alkyl halides is 1. The summed E-state index contributed by atoms with van der Waals surface area (Å²) < 4.78 is 5.27. The minimum atomic E-state index is -0.0839. The molecule has 0 bridgehead atoms. The van der Waals surface area contributed by atoms with Gasteiger partial charge in [-0.3, -0.25) is 4.79 Å². The van der Waals surface area contributed by atoms with Crippen LogP contribution in [0.2, 0.25) is 0 Å². The Bertz CT molecular complexity index is 297. The molecule has 0 fully saturated rings. The van der Waals surface area contributed by atoms with Crippen LogP contribution in [0.1, 0.15) is 6.92 Å². The van der Waals surface area contributed by atoms with Crippen molar-refractivity contribution >= 4 is 23.2 Å². The molecule has 0 unspecified atom stereocenters. The second-order valence-electron chi connectivity index (χ2n) is 2.74. The normalized spacial score (nSPS) is 9.57. The molecule has 1 amide bonds. The maximum Gasteiger partial charge on any atom is 0.221 e. The Morgan fingerprint density at radius 2 is 2.07 bits per heavy atom. The molecule has 0 aliphatic rings. The number of hydrogen-bond acceptors (Lipinski definition) is 2. The molecule has 1 aromatic rings. The van der Waals surface area contributed by atoms with Gasteiger partial charge in [-0.15, -0.1) is 11.6 Å². The molecule has 1 rings (SSSR count). The molecule has 0 saturated heterocycles. The predicted octanol–water partition coefficient (Wildman–Crippen LogP) is 2.26. The first-order valence-corrected chi connectivity index (χ1v) is 4.82. The molecular weight excluding hydrogens is 202 g/mol. The number of ether oxygens (including phenoxy) is 1. The van der Waals surface area contributed by atoms with Gasteiger partial charge in [0.2, 0.25) is 5.91 Å². The summed E-state index contributed by atoms with van der Waals surface area (Å²) >= 11 is 5.47. The van der Waals surface area contributed by atoms with Crippen LogP contribution in [0.4, 0.5) is 5.69 Å². The van der Waals surface area contributed by atoms with Gasteiger partial charge in [0.15, 0.2) is 0 Å². The summed E-state index contributed by atoms with van der Waals surface area (Å²) in [5.74, 6) is 1.13. The number of carbonyl (C=O) groups is 1. The third-order valence-electron chi connectivity index (χ3n) is 1.52. The third-order valence-corrected chi connectivity index (χ3v) is 1.67. The summed E-state index contributed by atoms with van der Waals surface area (Å²) in [7, 11) is 0. The van der Waals surface area contributed by atoms with Gasteiger partial charge in [-0.2, -0.15) is 0 Å². The van der Waals surface area contributed by atoms with Gasteiger partial charge in [-0.1, -0.05) is 0 Å². The molecule has 1 N–H and O–H groups in total. The lowest BCUT2D eigenvalue weighted by atomic mass is 10.3. The molecule has 0 aliphatic heterocycles. The van der Waals surface area contributed by atoms with Gasteiger partial charge in [0.25, 0.3) is 0 Å². The van der Waals surface area contributed by atoms with Crippen LogP contribution in [0.25, 0.3) is 0 Å². The van der Waals surface area contributed by atoms with Crippen molar-refractivity contribution in [2.24, 2.45) is 0 Å². The zero-order valence-corrected chi connectivity index (χ0v) is 8.67. The molecule has 0 spiro atoms. The standard InChI is InChI=1S/C10H12ClNO2/c1-8(13)12-9-2-4-10(5-3-9)14-7-6-11/h2-5H,6-7H2,1H3,(H,12,13). The Hall–Kier alpha value is -1.22. The summed E-state index contributed by atoms with van der Waals surface area (Å²) in [5.41, 5.74) is 0.760. The zero-order chi connectivity index (χ0) is 10.4. The van der Waals surface area contributed by atoms with Gasteiger partial charge >= 0.3 is 0 Å². The fourth-order valence-electron chi connectivity index (χ4n) is 0.994. The Labute approximate surface area is 88.0 Å². The lowest BCUT2D eigenvalue weighted by Crippen LogP contribution is -2.05. The van der Waals surface area contributed by atoms with Crippen molar-refractivity contribution in [3.05, 3.63) is 24.3 Å².